The molecular weight excluding hydrogens is 323 g/mol. The van der Waals surface area contributed by atoms with Crippen LogP contribution >= 0.6 is 23.2 Å². The highest BCUT2D eigenvalue weighted by Crippen LogP contribution is 2.36. The zero-order valence-electron chi connectivity index (χ0n) is 11.2. The van der Waals surface area contributed by atoms with E-state index in [9.17, 15) is 8.42 Å². The van der Waals surface area contributed by atoms with E-state index in [1.165, 1.54) is 16.4 Å². The van der Waals surface area contributed by atoms with Crippen LogP contribution in [0.15, 0.2) is 17.0 Å². The Hall–Kier alpha value is -0.530. The quantitative estimate of drug-likeness (QED) is 0.840. The third-order valence-corrected chi connectivity index (χ3v) is 6.01. The normalized spacial score (nSPS) is 20.0. The molecule has 20 heavy (non-hydrogen) atoms. The number of morpholine rings is 1. The predicted molar refractivity (Wildman–Crippen MR) is 79.7 cm³/mol. The van der Waals surface area contributed by atoms with Crippen LogP contribution in [0, 0.1) is 0 Å². The number of sulfonamides is 1. The van der Waals surface area contributed by atoms with Crippen molar-refractivity contribution in [3.8, 4) is 0 Å². The molecule has 2 N–H and O–H groups in total. The van der Waals surface area contributed by atoms with Gasteiger partial charge in [-0.15, -0.1) is 0 Å². The molecule has 8 heteroatoms. The highest BCUT2D eigenvalue weighted by atomic mass is 35.5. The molecule has 1 aromatic carbocycles. The summed E-state index contributed by atoms with van der Waals surface area (Å²) in [6.07, 6.45) is 0. The molecule has 2 rings (SSSR count). The first-order chi connectivity index (χ1) is 9.16. The van der Waals surface area contributed by atoms with Crippen LogP contribution in [0.2, 0.25) is 10.0 Å². The van der Waals surface area contributed by atoms with Gasteiger partial charge in [-0.1, -0.05) is 23.2 Å². The van der Waals surface area contributed by atoms with Crippen LogP contribution in [0.4, 0.5) is 5.69 Å². The summed E-state index contributed by atoms with van der Waals surface area (Å²) in [5.74, 6) is 0. The van der Waals surface area contributed by atoms with Crippen LogP contribution in [-0.4, -0.2) is 38.0 Å². The minimum Gasteiger partial charge on any atom is -0.398 e. The Morgan fingerprint density at radius 2 is 2.00 bits per heavy atom. The van der Waals surface area contributed by atoms with Crippen molar-refractivity contribution in [2.75, 3.05) is 25.5 Å². The molecule has 0 amide bonds. The topological polar surface area (TPSA) is 72.6 Å². The van der Waals surface area contributed by atoms with Gasteiger partial charge >= 0.3 is 0 Å². The summed E-state index contributed by atoms with van der Waals surface area (Å²) in [6, 6.07) is 2.76. The summed E-state index contributed by atoms with van der Waals surface area (Å²) >= 11 is 11.9. The van der Waals surface area contributed by atoms with Gasteiger partial charge in [-0.3, -0.25) is 0 Å². The number of nitrogen functional groups attached to an aromatic ring is 1. The van der Waals surface area contributed by atoms with Gasteiger partial charge < -0.3 is 10.5 Å². The lowest BCUT2D eigenvalue weighted by Crippen LogP contribution is -2.55. The molecule has 0 bridgehead atoms. The number of rotatable bonds is 2. The summed E-state index contributed by atoms with van der Waals surface area (Å²) in [5, 5.41) is 0.324. The van der Waals surface area contributed by atoms with Crippen molar-refractivity contribution in [2.45, 2.75) is 24.3 Å². The lowest BCUT2D eigenvalue weighted by atomic mass is 10.1. The molecule has 0 aromatic heterocycles. The molecule has 112 valence electrons. The second-order valence-electron chi connectivity index (χ2n) is 5.25. The Labute approximate surface area is 128 Å². The monoisotopic (exact) mass is 338 g/mol. The van der Waals surface area contributed by atoms with Gasteiger partial charge in [0.05, 0.1) is 29.5 Å². The summed E-state index contributed by atoms with van der Waals surface area (Å²) in [7, 11) is -3.81. The lowest BCUT2D eigenvalue weighted by molar-refractivity contribution is -0.00768. The zero-order valence-corrected chi connectivity index (χ0v) is 13.5. The number of hydrogen-bond acceptors (Lipinski definition) is 4. The van der Waals surface area contributed by atoms with E-state index in [4.69, 9.17) is 33.7 Å². The summed E-state index contributed by atoms with van der Waals surface area (Å²) in [5.41, 5.74) is 5.18. The SMILES string of the molecule is CC1(C)COCCN1S(=O)(=O)c1c(N)cc(Cl)cc1Cl. The molecule has 1 aromatic rings. The van der Waals surface area contributed by atoms with Crippen molar-refractivity contribution in [1.29, 1.82) is 0 Å². The van der Waals surface area contributed by atoms with Gasteiger partial charge in [0.15, 0.2) is 0 Å². The van der Waals surface area contributed by atoms with Crippen LogP contribution in [0.25, 0.3) is 0 Å². The molecule has 0 unspecified atom stereocenters. The van der Waals surface area contributed by atoms with E-state index in [1.807, 2.05) is 0 Å². The number of nitrogens with zero attached hydrogens (tertiary/aromatic N) is 1. The van der Waals surface area contributed by atoms with Crippen molar-refractivity contribution in [1.82, 2.24) is 4.31 Å². The maximum atomic E-state index is 12.8. The maximum absolute atomic E-state index is 12.8. The Bertz CT molecular complexity index is 609. The van der Waals surface area contributed by atoms with E-state index in [2.05, 4.69) is 0 Å². The molecule has 1 aliphatic heterocycles. The third kappa shape index (κ3) is 2.76. The molecule has 1 fully saturated rings. The first-order valence-corrected chi connectivity index (χ1v) is 8.21. The van der Waals surface area contributed by atoms with Crippen molar-refractivity contribution in [2.24, 2.45) is 0 Å². The Kier molecular flexibility index (Phi) is 4.24. The van der Waals surface area contributed by atoms with Crippen molar-refractivity contribution in [3.05, 3.63) is 22.2 Å². The average Bonchev–Trinajstić information content (AvgIpc) is 2.25. The van der Waals surface area contributed by atoms with Crippen LogP contribution in [0.1, 0.15) is 13.8 Å². The van der Waals surface area contributed by atoms with E-state index in [0.29, 0.717) is 18.2 Å². The third-order valence-electron chi connectivity index (χ3n) is 3.15. The highest BCUT2D eigenvalue weighted by Gasteiger charge is 2.41. The maximum Gasteiger partial charge on any atom is 0.247 e. The highest BCUT2D eigenvalue weighted by molar-refractivity contribution is 7.89. The molecule has 0 atom stereocenters. The van der Waals surface area contributed by atoms with Crippen molar-refractivity contribution in [3.63, 3.8) is 0 Å². The van der Waals surface area contributed by atoms with Crippen LogP contribution in [0.3, 0.4) is 0 Å². The second kappa shape index (κ2) is 5.35. The first kappa shape index (κ1) is 15.9. The Morgan fingerprint density at radius 3 is 2.55 bits per heavy atom. The number of hydrogen-bond donors (Lipinski definition) is 1. The standard InChI is InChI=1S/C12H16Cl2N2O3S/c1-12(2)7-19-4-3-16(12)20(17,18)11-9(14)5-8(13)6-10(11)15/h5-6H,3-4,7,15H2,1-2H3. The first-order valence-electron chi connectivity index (χ1n) is 6.01. The number of halogens is 2. The molecule has 0 spiro atoms. The number of nitrogens with two attached hydrogens (primary N) is 1. The largest absolute Gasteiger partial charge is 0.398 e. The van der Waals surface area contributed by atoms with Gasteiger partial charge in [0.25, 0.3) is 0 Å². The van der Waals surface area contributed by atoms with E-state index in [-0.39, 0.29) is 22.2 Å². The van der Waals surface area contributed by atoms with Crippen LogP contribution in [-0.2, 0) is 14.8 Å². The summed E-state index contributed by atoms with van der Waals surface area (Å²) in [4.78, 5) is -0.0986. The fourth-order valence-electron chi connectivity index (χ4n) is 2.25. The molecule has 0 radical (unpaired) electrons. The van der Waals surface area contributed by atoms with E-state index in [0.717, 1.165) is 0 Å². The molecule has 1 saturated heterocycles. The number of anilines is 1. The van der Waals surface area contributed by atoms with Gasteiger partial charge in [-0.2, -0.15) is 4.31 Å². The molecule has 5 nitrogen and oxygen atoms in total. The molecule has 1 heterocycles. The predicted octanol–water partition coefficient (Wildman–Crippen LogP) is 2.38. The average molecular weight is 339 g/mol. The Balaban J connectivity index is 2.56. The van der Waals surface area contributed by atoms with Gasteiger partial charge in [0.2, 0.25) is 10.0 Å². The molecule has 0 saturated carbocycles. The van der Waals surface area contributed by atoms with E-state index >= 15 is 0 Å². The molecule has 0 aliphatic carbocycles. The fraction of sp³-hybridized carbons (Fsp3) is 0.500. The summed E-state index contributed by atoms with van der Waals surface area (Å²) in [6.45, 7) is 4.51. The van der Waals surface area contributed by atoms with Crippen molar-refractivity contribution < 1.29 is 13.2 Å². The zero-order chi connectivity index (χ0) is 15.1. The fourth-order valence-corrected chi connectivity index (χ4v) is 4.95. The van der Waals surface area contributed by atoms with Gasteiger partial charge in [-0.05, 0) is 26.0 Å². The minimum absolute atomic E-state index is 0.0253. The smallest absolute Gasteiger partial charge is 0.247 e. The lowest BCUT2D eigenvalue weighted by Gasteiger charge is -2.41. The van der Waals surface area contributed by atoms with E-state index < -0.39 is 15.6 Å². The van der Waals surface area contributed by atoms with Crippen LogP contribution in [0.5, 0.6) is 0 Å². The molecular formula is C12H16Cl2N2O3S. The second-order valence-corrected chi connectivity index (χ2v) is 7.89. The van der Waals surface area contributed by atoms with Gasteiger partial charge in [-0.25, -0.2) is 8.42 Å². The van der Waals surface area contributed by atoms with Crippen LogP contribution < -0.4 is 5.73 Å². The van der Waals surface area contributed by atoms with E-state index in [1.54, 1.807) is 13.8 Å². The van der Waals surface area contributed by atoms with Crippen molar-refractivity contribution >= 4 is 38.9 Å². The number of ether oxygens (including phenoxy) is 1. The van der Waals surface area contributed by atoms with Gasteiger partial charge in [0.1, 0.15) is 4.90 Å². The molecule has 1 aliphatic rings. The Morgan fingerprint density at radius 1 is 1.35 bits per heavy atom. The summed E-state index contributed by atoms with van der Waals surface area (Å²) < 4.78 is 32.3. The van der Waals surface area contributed by atoms with Gasteiger partial charge in [0, 0.05) is 11.6 Å². The minimum atomic E-state index is -3.81. The number of benzene rings is 1.